The monoisotopic (exact) mass is 217 g/mol. The molecule has 0 heterocycles. The third-order valence-electron chi connectivity index (χ3n) is 1.66. The van der Waals surface area contributed by atoms with Crippen molar-refractivity contribution in [1.29, 1.82) is 0 Å². The first-order chi connectivity index (χ1) is 6.72. The fraction of sp³-hybridized carbons (Fsp3) is 0.400. The van der Waals surface area contributed by atoms with E-state index in [4.69, 9.17) is 0 Å². The number of hydrogen-bond donors (Lipinski definition) is 1. The molecule has 4 heteroatoms. The highest BCUT2D eigenvalue weighted by molar-refractivity contribution is 7.99. The Bertz CT molecular complexity index is 279. The van der Waals surface area contributed by atoms with Crippen LogP contribution < -0.4 is 5.32 Å². The molecule has 0 amide bonds. The molecular weight excluding hydrogens is 204 g/mol. The molecule has 0 fully saturated rings. The second kappa shape index (κ2) is 5.98. The third kappa shape index (κ3) is 4.07. The Morgan fingerprint density at radius 3 is 2.86 bits per heavy atom. The van der Waals surface area contributed by atoms with Gasteiger partial charge < -0.3 is 5.32 Å². The molecule has 1 rings (SSSR count). The smallest absolute Gasteiger partial charge is 0.247 e. The molecular formula is C10H13F2NS. The van der Waals surface area contributed by atoms with Crippen molar-refractivity contribution < 1.29 is 8.78 Å². The Hall–Kier alpha value is -0.610. The fourth-order valence-electron chi connectivity index (χ4n) is 1.11. The highest BCUT2D eigenvalue weighted by atomic mass is 32.2. The van der Waals surface area contributed by atoms with Crippen LogP contribution in [0.5, 0.6) is 0 Å². The molecule has 0 spiro atoms. The zero-order chi connectivity index (χ0) is 10.4. The number of benzene rings is 1. The van der Waals surface area contributed by atoms with Crippen LogP contribution in [0, 0.1) is 0 Å². The van der Waals surface area contributed by atoms with Crippen LogP contribution in [0.15, 0.2) is 29.2 Å². The van der Waals surface area contributed by atoms with Gasteiger partial charge in [0.25, 0.3) is 0 Å². The summed E-state index contributed by atoms with van der Waals surface area (Å²) < 4.78 is 23.9. The van der Waals surface area contributed by atoms with Gasteiger partial charge in [-0.3, -0.25) is 0 Å². The van der Waals surface area contributed by atoms with Gasteiger partial charge in [-0.15, -0.1) is 11.8 Å². The van der Waals surface area contributed by atoms with Crippen LogP contribution in [0.1, 0.15) is 5.56 Å². The molecule has 0 saturated heterocycles. The minimum absolute atomic E-state index is 0.136. The standard InChI is InChI=1S/C10H13F2NS/c1-13-6-8-3-2-4-9(5-8)14-7-10(11)12/h2-5,10,13H,6-7H2,1H3. The summed E-state index contributed by atoms with van der Waals surface area (Å²) in [6, 6.07) is 7.65. The summed E-state index contributed by atoms with van der Waals surface area (Å²) in [5.74, 6) is -0.136. The molecule has 14 heavy (non-hydrogen) atoms. The first kappa shape index (κ1) is 11.5. The molecule has 78 valence electrons. The van der Waals surface area contributed by atoms with Gasteiger partial charge in [0.05, 0.1) is 5.75 Å². The first-order valence-electron chi connectivity index (χ1n) is 4.37. The minimum Gasteiger partial charge on any atom is -0.316 e. The van der Waals surface area contributed by atoms with Gasteiger partial charge in [0, 0.05) is 11.4 Å². The third-order valence-corrected chi connectivity index (χ3v) is 2.66. The van der Waals surface area contributed by atoms with E-state index in [9.17, 15) is 8.78 Å². The SMILES string of the molecule is CNCc1cccc(SCC(F)F)c1. The summed E-state index contributed by atoms with van der Waals surface area (Å²) in [7, 11) is 1.86. The van der Waals surface area contributed by atoms with Gasteiger partial charge in [0.2, 0.25) is 6.43 Å². The number of thioether (sulfide) groups is 1. The molecule has 1 N–H and O–H groups in total. The van der Waals surface area contributed by atoms with Crippen LogP contribution in [-0.4, -0.2) is 19.2 Å². The number of halogens is 2. The van der Waals surface area contributed by atoms with Crippen molar-refractivity contribution in [2.45, 2.75) is 17.9 Å². The van der Waals surface area contributed by atoms with Crippen molar-refractivity contribution in [2.75, 3.05) is 12.8 Å². The number of hydrogen-bond acceptors (Lipinski definition) is 2. The molecule has 0 aliphatic heterocycles. The normalized spacial score (nSPS) is 10.9. The lowest BCUT2D eigenvalue weighted by atomic mass is 10.2. The van der Waals surface area contributed by atoms with E-state index < -0.39 is 6.43 Å². The molecule has 0 aromatic heterocycles. The molecule has 0 aliphatic carbocycles. The van der Waals surface area contributed by atoms with Gasteiger partial charge in [-0.05, 0) is 24.7 Å². The summed E-state index contributed by atoms with van der Waals surface area (Å²) in [4.78, 5) is 0.901. The Morgan fingerprint density at radius 2 is 2.21 bits per heavy atom. The van der Waals surface area contributed by atoms with E-state index in [1.54, 1.807) is 0 Å². The van der Waals surface area contributed by atoms with Crippen molar-refractivity contribution in [3.8, 4) is 0 Å². The van der Waals surface area contributed by atoms with E-state index >= 15 is 0 Å². The van der Waals surface area contributed by atoms with Crippen LogP contribution >= 0.6 is 11.8 Å². The fourth-order valence-corrected chi connectivity index (χ4v) is 1.84. The van der Waals surface area contributed by atoms with E-state index in [1.165, 1.54) is 11.8 Å². The minimum atomic E-state index is -2.24. The van der Waals surface area contributed by atoms with Crippen molar-refractivity contribution in [3.05, 3.63) is 29.8 Å². The van der Waals surface area contributed by atoms with Crippen LogP contribution in [0.25, 0.3) is 0 Å². The first-order valence-corrected chi connectivity index (χ1v) is 5.35. The number of nitrogens with one attached hydrogen (secondary N) is 1. The quantitative estimate of drug-likeness (QED) is 0.761. The predicted molar refractivity (Wildman–Crippen MR) is 55.9 cm³/mol. The molecule has 0 saturated carbocycles. The van der Waals surface area contributed by atoms with Crippen molar-refractivity contribution in [1.82, 2.24) is 5.32 Å². The maximum absolute atomic E-state index is 11.9. The molecule has 0 radical (unpaired) electrons. The van der Waals surface area contributed by atoms with Crippen molar-refractivity contribution in [3.63, 3.8) is 0 Å². The average Bonchev–Trinajstić information content (AvgIpc) is 2.16. The van der Waals surface area contributed by atoms with Crippen LogP contribution in [0.2, 0.25) is 0 Å². The Labute approximate surface area is 86.9 Å². The Balaban J connectivity index is 2.54. The van der Waals surface area contributed by atoms with Crippen molar-refractivity contribution >= 4 is 11.8 Å². The number of alkyl halides is 2. The van der Waals surface area contributed by atoms with E-state index in [2.05, 4.69) is 5.32 Å². The van der Waals surface area contributed by atoms with Gasteiger partial charge >= 0.3 is 0 Å². The molecule has 1 aromatic rings. The topological polar surface area (TPSA) is 12.0 Å². The zero-order valence-corrected chi connectivity index (χ0v) is 8.78. The van der Waals surface area contributed by atoms with Gasteiger partial charge in [0.15, 0.2) is 0 Å². The van der Waals surface area contributed by atoms with Gasteiger partial charge in [0.1, 0.15) is 0 Å². The van der Waals surface area contributed by atoms with Crippen LogP contribution in [0.3, 0.4) is 0 Å². The van der Waals surface area contributed by atoms with Gasteiger partial charge in [-0.1, -0.05) is 12.1 Å². The van der Waals surface area contributed by atoms with E-state index in [0.717, 1.165) is 17.0 Å². The summed E-state index contributed by atoms with van der Waals surface area (Å²) in [6.45, 7) is 0.767. The molecule has 0 aliphatic rings. The predicted octanol–water partition coefficient (Wildman–Crippen LogP) is 2.76. The highest BCUT2D eigenvalue weighted by Gasteiger charge is 2.03. The van der Waals surface area contributed by atoms with Gasteiger partial charge in [-0.25, -0.2) is 8.78 Å². The molecule has 0 atom stereocenters. The van der Waals surface area contributed by atoms with Crippen molar-refractivity contribution in [2.24, 2.45) is 0 Å². The summed E-state index contributed by atoms with van der Waals surface area (Å²) in [5.41, 5.74) is 1.12. The lowest BCUT2D eigenvalue weighted by molar-refractivity contribution is 0.177. The summed E-state index contributed by atoms with van der Waals surface area (Å²) >= 11 is 1.19. The molecule has 1 aromatic carbocycles. The lowest BCUT2D eigenvalue weighted by Gasteiger charge is -2.04. The van der Waals surface area contributed by atoms with Crippen LogP contribution in [-0.2, 0) is 6.54 Å². The largest absolute Gasteiger partial charge is 0.316 e. The molecule has 1 nitrogen and oxygen atoms in total. The summed E-state index contributed by atoms with van der Waals surface area (Å²) in [5, 5.41) is 3.02. The maximum Gasteiger partial charge on any atom is 0.247 e. The average molecular weight is 217 g/mol. The Kier molecular flexibility index (Phi) is 4.90. The molecule has 0 bridgehead atoms. The second-order valence-electron chi connectivity index (χ2n) is 2.88. The summed E-state index contributed by atoms with van der Waals surface area (Å²) in [6.07, 6.45) is -2.24. The van der Waals surface area contributed by atoms with Gasteiger partial charge in [-0.2, -0.15) is 0 Å². The highest BCUT2D eigenvalue weighted by Crippen LogP contribution is 2.21. The van der Waals surface area contributed by atoms with Crippen LogP contribution in [0.4, 0.5) is 8.78 Å². The van der Waals surface area contributed by atoms with E-state index in [1.807, 2.05) is 31.3 Å². The second-order valence-corrected chi connectivity index (χ2v) is 3.97. The maximum atomic E-state index is 11.9. The lowest BCUT2D eigenvalue weighted by Crippen LogP contribution is -2.04. The zero-order valence-electron chi connectivity index (χ0n) is 7.97. The van der Waals surface area contributed by atoms with E-state index in [0.29, 0.717) is 0 Å². The molecule has 0 unspecified atom stereocenters. The Morgan fingerprint density at radius 1 is 1.43 bits per heavy atom. The number of rotatable bonds is 5. The van der Waals surface area contributed by atoms with E-state index in [-0.39, 0.29) is 5.75 Å².